The minimum atomic E-state index is 0.243. The van der Waals surface area contributed by atoms with Crippen LogP contribution in [-0.2, 0) is 0 Å². The summed E-state index contributed by atoms with van der Waals surface area (Å²) in [7, 11) is 0. The van der Waals surface area contributed by atoms with E-state index in [1.807, 2.05) is 24.3 Å². The second-order valence-electron chi connectivity index (χ2n) is 4.98. The third kappa shape index (κ3) is 2.69. The Hall–Kier alpha value is -3.07. The van der Waals surface area contributed by atoms with Gasteiger partial charge in [-0.25, -0.2) is 4.68 Å². The summed E-state index contributed by atoms with van der Waals surface area (Å²) in [6.07, 6.45) is 1.57. The predicted octanol–water partition coefficient (Wildman–Crippen LogP) is 3.25. The van der Waals surface area contributed by atoms with Gasteiger partial charge in [0.25, 0.3) is 0 Å². The molecule has 0 saturated heterocycles. The molecule has 0 spiro atoms. The first kappa shape index (κ1) is 14.9. The highest BCUT2D eigenvalue weighted by molar-refractivity contribution is 5.62. The molecule has 6 heteroatoms. The number of hydrogen-bond acceptors (Lipinski definition) is 5. The van der Waals surface area contributed by atoms with E-state index >= 15 is 0 Å². The van der Waals surface area contributed by atoms with E-state index in [9.17, 15) is 5.26 Å². The Morgan fingerprint density at radius 3 is 2.48 bits per heavy atom. The summed E-state index contributed by atoms with van der Waals surface area (Å²) in [5.74, 6) is 0.569. The number of aromatic nitrogens is 3. The van der Waals surface area contributed by atoms with E-state index < -0.39 is 0 Å². The largest absolute Gasteiger partial charge is 0.463 e. The summed E-state index contributed by atoms with van der Waals surface area (Å²) < 4.78 is 7.05. The molecule has 1 aromatic carbocycles. The van der Waals surface area contributed by atoms with Gasteiger partial charge in [-0.3, -0.25) is 0 Å². The van der Waals surface area contributed by atoms with Crippen LogP contribution in [0.5, 0.6) is 0 Å². The van der Waals surface area contributed by atoms with E-state index in [2.05, 4.69) is 35.1 Å². The number of nitrogens with zero attached hydrogens (tertiary/aromatic N) is 5. The summed E-state index contributed by atoms with van der Waals surface area (Å²) in [4.78, 5) is 2.26. The average Bonchev–Trinajstić information content (AvgIpc) is 3.25. The second kappa shape index (κ2) is 6.36. The van der Waals surface area contributed by atoms with Crippen molar-refractivity contribution >= 4 is 5.69 Å². The highest BCUT2D eigenvalue weighted by atomic mass is 16.3. The van der Waals surface area contributed by atoms with Crippen LogP contribution in [0.1, 0.15) is 19.5 Å². The highest BCUT2D eigenvalue weighted by Crippen LogP contribution is 2.26. The van der Waals surface area contributed by atoms with Gasteiger partial charge in [0, 0.05) is 18.8 Å². The molecule has 23 heavy (non-hydrogen) atoms. The van der Waals surface area contributed by atoms with Crippen molar-refractivity contribution in [3.8, 4) is 23.2 Å². The minimum absolute atomic E-state index is 0.243. The minimum Gasteiger partial charge on any atom is -0.463 e. The molecule has 0 fully saturated rings. The van der Waals surface area contributed by atoms with Crippen LogP contribution < -0.4 is 4.90 Å². The van der Waals surface area contributed by atoms with Gasteiger partial charge < -0.3 is 9.32 Å². The molecule has 2 aromatic heterocycles. The van der Waals surface area contributed by atoms with Crippen molar-refractivity contribution in [1.29, 1.82) is 5.26 Å². The van der Waals surface area contributed by atoms with Crippen LogP contribution in [-0.4, -0.2) is 28.1 Å². The Labute approximate surface area is 134 Å². The fourth-order valence-corrected chi connectivity index (χ4v) is 2.57. The molecule has 0 radical (unpaired) electrons. The molecular formula is C17H17N5O. The maximum Gasteiger partial charge on any atom is 0.194 e. The van der Waals surface area contributed by atoms with Gasteiger partial charge in [0.05, 0.1) is 12.0 Å². The van der Waals surface area contributed by atoms with Crippen LogP contribution in [0.25, 0.3) is 17.1 Å². The van der Waals surface area contributed by atoms with Crippen LogP contribution >= 0.6 is 0 Å². The molecule has 3 rings (SSSR count). The van der Waals surface area contributed by atoms with Gasteiger partial charge >= 0.3 is 0 Å². The third-order valence-corrected chi connectivity index (χ3v) is 3.75. The molecule has 0 atom stereocenters. The predicted molar refractivity (Wildman–Crippen MR) is 87.3 cm³/mol. The zero-order valence-corrected chi connectivity index (χ0v) is 13.1. The Morgan fingerprint density at radius 1 is 1.17 bits per heavy atom. The zero-order valence-electron chi connectivity index (χ0n) is 13.1. The highest BCUT2D eigenvalue weighted by Gasteiger charge is 2.18. The van der Waals surface area contributed by atoms with E-state index in [-0.39, 0.29) is 5.69 Å². The summed E-state index contributed by atoms with van der Waals surface area (Å²) in [5, 5.41) is 17.3. The molecular weight excluding hydrogens is 290 g/mol. The molecule has 0 aliphatic rings. The lowest BCUT2D eigenvalue weighted by Crippen LogP contribution is -2.21. The molecule has 0 aliphatic heterocycles. The van der Waals surface area contributed by atoms with Crippen LogP contribution in [0.15, 0.2) is 47.1 Å². The fraction of sp³-hybridized carbons (Fsp3) is 0.235. The lowest BCUT2D eigenvalue weighted by atomic mass is 10.2. The van der Waals surface area contributed by atoms with Crippen molar-refractivity contribution in [3.05, 3.63) is 48.4 Å². The lowest BCUT2D eigenvalue weighted by molar-refractivity contribution is 0.576. The van der Waals surface area contributed by atoms with Crippen LogP contribution in [0.2, 0.25) is 0 Å². The first-order valence-corrected chi connectivity index (χ1v) is 7.53. The van der Waals surface area contributed by atoms with E-state index in [4.69, 9.17) is 4.42 Å². The SMILES string of the molecule is CCN(CC)c1ccc(-n2nnc(C#N)c2-c2ccco2)cc1. The normalized spacial score (nSPS) is 10.5. The van der Waals surface area contributed by atoms with Gasteiger partial charge in [-0.1, -0.05) is 5.21 Å². The number of benzene rings is 1. The van der Waals surface area contributed by atoms with Gasteiger partial charge in [0.15, 0.2) is 11.5 Å². The first-order chi connectivity index (χ1) is 11.3. The smallest absolute Gasteiger partial charge is 0.194 e. The van der Waals surface area contributed by atoms with Gasteiger partial charge in [-0.15, -0.1) is 5.10 Å². The Bertz CT molecular complexity index is 808. The van der Waals surface area contributed by atoms with Crippen molar-refractivity contribution in [2.75, 3.05) is 18.0 Å². The Morgan fingerprint density at radius 2 is 1.91 bits per heavy atom. The molecule has 0 bridgehead atoms. The third-order valence-electron chi connectivity index (χ3n) is 3.75. The van der Waals surface area contributed by atoms with Crippen molar-refractivity contribution < 1.29 is 4.42 Å². The second-order valence-corrected chi connectivity index (χ2v) is 4.98. The number of anilines is 1. The number of rotatable bonds is 5. The fourth-order valence-electron chi connectivity index (χ4n) is 2.57. The summed E-state index contributed by atoms with van der Waals surface area (Å²) in [6.45, 7) is 6.16. The molecule has 116 valence electrons. The molecule has 0 amide bonds. The average molecular weight is 307 g/mol. The van der Waals surface area contributed by atoms with E-state index in [1.165, 1.54) is 0 Å². The summed E-state index contributed by atoms with van der Waals surface area (Å²) >= 11 is 0. The maximum absolute atomic E-state index is 9.24. The summed E-state index contributed by atoms with van der Waals surface area (Å²) in [5.41, 5.74) is 2.79. The van der Waals surface area contributed by atoms with Crippen molar-refractivity contribution in [2.45, 2.75) is 13.8 Å². The maximum atomic E-state index is 9.24. The Balaban J connectivity index is 2.03. The molecule has 0 saturated carbocycles. The van der Waals surface area contributed by atoms with Gasteiger partial charge in [-0.05, 0) is 50.2 Å². The molecule has 0 aliphatic carbocycles. The number of furan rings is 1. The van der Waals surface area contributed by atoms with Crippen molar-refractivity contribution in [2.24, 2.45) is 0 Å². The Kier molecular flexibility index (Phi) is 4.11. The molecule has 0 unspecified atom stereocenters. The topological polar surface area (TPSA) is 70.9 Å². The van der Waals surface area contributed by atoms with Crippen molar-refractivity contribution in [1.82, 2.24) is 15.0 Å². The van der Waals surface area contributed by atoms with Gasteiger partial charge in [0.2, 0.25) is 0 Å². The van der Waals surface area contributed by atoms with Crippen LogP contribution in [0, 0.1) is 11.3 Å². The van der Waals surface area contributed by atoms with E-state index in [1.54, 1.807) is 23.1 Å². The molecule has 3 aromatic rings. The number of nitriles is 1. The monoisotopic (exact) mass is 307 g/mol. The zero-order chi connectivity index (χ0) is 16.2. The molecule has 2 heterocycles. The summed E-state index contributed by atoms with van der Waals surface area (Å²) in [6, 6.07) is 13.6. The van der Waals surface area contributed by atoms with Gasteiger partial charge in [0.1, 0.15) is 11.8 Å². The van der Waals surface area contributed by atoms with Crippen molar-refractivity contribution in [3.63, 3.8) is 0 Å². The standard InChI is InChI=1S/C17H17N5O/c1-3-21(4-2)13-7-9-14(10-8-13)22-17(15(12-18)19-20-22)16-6-5-11-23-16/h5-11H,3-4H2,1-2H3. The van der Waals surface area contributed by atoms with Gasteiger partial charge in [-0.2, -0.15) is 5.26 Å². The first-order valence-electron chi connectivity index (χ1n) is 7.53. The number of hydrogen-bond donors (Lipinski definition) is 0. The molecule has 0 N–H and O–H groups in total. The van der Waals surface area contributed by atoms with E-state index in [0.29, 0.717) is 11.5 Å². The lowest BCUT2D eigenvalue weighted by Gasteiger charge is -2.21. The van der Waals surface area contributed by atoms with Crippen LogP contribution in [0.3, 0.4) is 0 Å². The van der Waals surface area contributed by atoms with E-state index in [0.717, 1.165) is 24.5 Å². The van der Waals surface area contributed by atoms with Crippen LogP contribution in [0.4, 0.5) is 5.69 Å². The molecule has 6 nitrogen and oxygen atoms in total. The quantitative estimate of drug-likeness (QED) is 0.723.